The zero-order valence-electron chi connectivity index (χ0n) is 12.1. The van der Waals surface area contributed by atoms with E-state index in [-0.39, 0.29) is 0 Å². The van der Waals surface area contributed by atoms with Crippen molar-refractivity contribution in [2.45, 2.75) is 26.3 Å². The number of rotatable bonds is 10. The smallest absolute Gasteiger partial charge is 0.161 e. The Balaban J connectivity index is 2.16. The summed E-state index contributed by atoms with van der Waals surface area (Å²) < 4.78 is 11.0. The first kappa shape index (κ1) is 16.2. The van der Waals surface area contributed by atoms with Crippen molar-refractivity contribution in [2.24, 2.45) is 0 Å². The van der Waals surface area contributed by atoms with Gasteiger partial charge in [0.05, 0.1) is 7.11 Å². The molecule has 1 unspecified atom stereocenters. The summed E-state index contributed by atoms with van der Waals surface area (Å²) in [6.07, 6.45) is 1.20. The van der Waals surface area contributed by atoms with Gasteiger partial charge in [-0.2, -0.15) is 11.8 Å². The van der Waals surface area contributed by atoms with Crippen molar-refractivity contribution in [3.8, 4) is 11.5 Å². The molecule has 0 aliphatic carbocycles. The average molecular weight is 283 g/mol. The van der Waals surface area contributed by atoms with E-state index < -0.39 is 0 Å². The number of benzene rings is 1. The third-order valence-electron chi connectivity index (χ3n) is 2.82. The van der Waals surface area contributed by atoms with Gasteiger partial charge in [-0.3, -0.25) is 0 Å². The number of nitrogens with one attached hydrogen (secondary N) is 1. The van der Waals surface area contributed by atoms with E-state index in [9.17, 15) is 0 Å². The van der Waals surface area contributed by atoms with Crippen molar-refractivity contribution in [1.82, 2.24) is 5.32 Å². The fraction of sp³-hybridized carbons (Fsp3) is 0.600. The van der Waals surface area contributed by atoms with Gasteiger partial charge < -0.3 is 14.8 Å². The Morgan fingerprint density at radius 1 is 1.26 bits per heavy atom. The standard InChI is InChI=1S/C15H25NO2S/c1-4-19-12-9-13(2)16-10-11-18-15-8-6-5-7-14(15)17-3/h5-8,13,16H,4,9-12H2,1-3H3. The summed E-state index contributed by atoms with van der Waals surface area (Å²) >= 11 is 1.99. The summed E-state index contributed by atoms with van der Waals surface area (Å²) in [5.41, 5.74) is 0. The van der Waals surface area contributed by atoms with Crippen molar-refractivity contribution < 1.29 is 9.47 Å². The minimum Gasteiger partial charge on any atom is -0.493 e. The Bertz CT molecular complexity index is 347. The third-order valence-corrected chi connectivity index (χ3v) is 3.75. The molecule has 1 atom stereocenters. The van der Waals surface area contributed by atoms with Crippen molar-refractivity contribution in [2.75, 3.05) is 31.8 Å². The molecule has 0 aliphatic heterocycles. The molecule has 1 aromatic rings. The van der Waals surface area contributed by atoms with Gasteiger partial charge in [0.15, 0.2) is 11.5 Å². The number of thioether (sulfide) groups is 1. The SMILES string of the molecule is CCSCCC(C)NCCOc1ccccc1OC. The Morgan fingerprint density at radius 2 is 2.00 bits per heavy atom. The molecule has 0 amide bonds. The highest BCUT2D eigenvalue weighted by Gasteiger charge is 2.03. The van der Waals surface area contributed by atoms with Gasteiger partial charge >= 0.3 is 0 Å². The number of ether oxygens (including phenoxy) is 2. The first-order valence-corrected chi connectivity index (χ1v) is 8.00. The van der Waals surface area contributed by atoms with Crippen LogP contribution in [0.5, 0.6) is 11.5 Å². The van der Waals surface area contributed by atoms with Crippen LogP contribution < -0.4 is 14.8 Å². The lowest BCUT2D eigenvalue weighted by Gasteiger charge is -2.14. The maximum Gasteiger partial charge on any atom is 0.161 e. The molecule has 0 saturated heterocycles. The Labute approximate surface area is 121 Å². The van der Waals surface area contributed by atoms with Crippen LogP contribution in [-0.4, -0.2) is 37.8 Å². The van der Waals surface area contributed by atoms with E-state index in [1.54, 1.807) is 7.11 Å². The van der Waals surface area contributed by atoms with E-state index >= 15 is 0 Å². The molecule has 108 valence electrons. The van der Waals surface area contributed by atoms with Gasteiger partial charge in [0.2, 0.25) is 0 Å². The molecular weight excluding hydrogens is 258 g/mol. The molecule has 0 radical (unpaired) electrons. The Hall–Kier alpha value is -0.870. The van der Waals surface area contributed by atoms with Crippen LogP contribution in [0.25, 0.3) is 0 Å². The highest BCUT2D eigenvalue weighted by atomic mass is 32.2. The van der Waals surface area contributed by atoms with Gasteiger partial charge in [-0.15, -0.1) is 0 Å². The van der Waals surface area contributed by atoms with Crippen LogP contribution >= 0.6 is 11.8 Å². The molecule has 3 nitrogen and oxygen atoms in total. The number of hydrogen-bond donors (Lipinski definition) is 1. The van der Waals surface area contributed by atoms with E-state index in [0.29, 0.717) is 12.6 Å². The zero-order chi connectivity index (χ0) is 13.9. The van der Waals surface area contributed by atoms with E-state index in [1.807, 2.05) is 36.0 Å². The Morgan fingerprint density at radius 3 is 2.68 bits per heavy atom. The normalized spacial score (nSPS) is 12.2. The van der Waals surface area contributed by atoms with Crippen LogP contribution in [0.15, 0.2) is 24.3 Å². The van der Waals surface area contributed by atoms with Crippen LogP contribution in [0.2, 0.25) is 0 Å². The van der Waals surface area contributed by atoms with E-state index in [2.05, 4.69) is 19.2 Å². The monoisotopic (exact) mass is 283 g/mol. The first-order chi connectivity index (χ1) is 9.27. The van der Waals surface area contributed by atoms with E-state index in [0.717, 1.165) is 18.0 Å². The molecule has 0 fully saturated rings. The molecule has 0 bridgehead atoms. The quantitative estimate of drug-likeness (QED) is 0.668. The second-order valence-electron chi connectivity index (χ2n) is 4.34. The molecule has 0 heterocycles. The third kappa shape index (κ3) is 6.73. The predicted octanol–water partition coefficient (Wildman–Crippen LogP) is 3.20. The van der Waals surface area contributed by atoms with Gasteiger partial charge in [-0.25, -0.2) is 0 Å². The fourth-order valence-electron chi connectivity index (χ4n) is 1.71. The van der Waals surface area contributed by atoms with Gasteiger partial charge in [-0.05, 0) is 37.0 Å². The largest absolute Gasteiger partial charge is 0.493 e. The minimum absolute atomic E-state index is 0.542. The van der Waals surface area contributed by atoms with Crippen molar-refractivity contribution in [3.05, 3.63) is 24.3 Å². The highest BCUT2D eigenvalue weighted by Crippen LogP contribution is 2.25. The van der Waals surface area contributed by atoms with Gasteiger partial charge in [0.1, 0.15) is 6.61 Å². The Kier molecular flexibility index (Phi) is 8.50. The number of hydrogen-bond acceptors (Lipinski definition) is 4. The van der Waals surface area contributed by atoms with Crippen LogP contribution in [-0.2, 0) is 0 Å². The number of para-hydroxylation sites is 2. The molecule has 1 N–H and O–H groups in total. The summed E-state index contributed by atoms with van der Waals surface area (Å²) in [7, 11) is 1.66. The summed E-state index contributed by atoms with van der Waals surface area (Å²) in [5.74, 6) is 4.01. The van der Waals surface area contributed by atoms with Gasteiger partial charge in [-0.1, -0.05) is 19.1 Å². The molecular formula is C15H25NO2S. The van der Waals surface area contributed by atoms with Crippen LogP contribution in [0.1, 0.15) is 20.3 Å². The second kappa shape index (κ2) is 9.98. The molecule has 1 rings (SSSR count). The molecule has 0 aromatic heterocycles. The van der Waals surface area contributed by atoms with Crippen LogP contribution in [0, 0.1) is 0 Å². The predicted molar refractivity (Wildman–Crippen MR) is 83.6 cm³/mol. The fourth-order valence-corrected chi connectivity index (χ4v) is 2.52. The lowest BCUT2D eigenvalue weighted by Crippen LogP contribution is -2.30. The van der Waals surface area contributed by atoms with Crippen LogP contribution in [0.4, 0.5) is 0 Å². The summed E-state index contributed by atoms with van der Waals surface area (Å²) in [4.78, 5) is 0. The average Bonchev–Trinajstić information content (AvgIpc) is 2.44. The summed E-state index contributed by atoms with van der Waals surface area (Å²) in [5, 5.41) is 3.47. The van der Waals surface area contributed by atoms with E-state index in [4.69, 9.17) is 9.47 Å². The van der Waals surface area contributed by atoms with Gasteiger partial charge in [0.25, 0.3) is 0 Å². The molecule has 0 aliphatic rings. The molecule has 0 saturated carbocycles. The summed E-state index contributed by atoms with van der Waals surface area (Å²) in [6, 6.07) is 8.28. The maximum atomic E-state index is 5.71. The van der Waals surface area contributed by atoms with Gasteiger partial charge in [0, 0.05) is 12.6 Å². The van der Waals surface area contributed by atoms with Crippen molar-refractivity contribution in [1.29, 1.82) is 0 Å². The maximum absolute atomic E-state index is 5.71. The van der Waals surface area contributed by atoms with Crippen LogP contribution in [0.3, 0.4) is 0 Å². The number of methoxy groups -OCH3 is 1. The lowest BCUT2D eigenvalue weighted by molar-refractivity contribution is 0.287. The van der Waals surface area contributed by atoms with Crippen molar-refractivity contribution >= 4 is 11.8 Å². The van der Waals surface area contributed by atoms with Crippen molar-refractivity contribution in [3.63, 3.8) is 0 Å². The topological polar surface area (TPSA) is 30.5 Å². The molecule has 1 aromatic carbocycles. The highest BCUT2D eigenvalue weighted by molar-refractivity contribution is 7.99. The minimum atomic E-state index is 0.542. The van der Waals surface area contributed by atoms with E-state index in [1.165, 1.54) is 17.9 Å². The first-order valence-electron chi connectivity index (χ1n) is 6.84. The second-order valence-corrected chi connectivity index (χ2v) is 5.73. The summed E-state index contributed by atoms with van der Waals surface area (Å²) in [6.45, 7) is 5.94. The lowest BCUT2D eigenvalue weighted by atomic mass is 10.2. The zero-order valence-corrected chi connectivity index (χ0v) is 13.0. The molecule has 19 heavy (non-hydrogen) atoms. The molecule has 4 heteroatoms. The molecule has 0 spiro atoms.